The van der Waals surface area contributed by atoms with E-state index in [4.69, 9.17) is 0 Å². The van der Waals surface area contributed by atoms with Crippen LogP contribution in [0.5, 0.6) is 0 Å². The molecule has 5 aromatic carbocycles. The molecule has 2 heteroatoms. The summed E-state index contributed by atoms with van der Waals surface area (Å²) in [6, 6.07) is 46.4. The van der Waals surface area contributed by atoms with Gasteiger partial charge in [-0.2, -0.15) is 0 Å². The first-order valence-electron chi connectivity index (χ1n) is 10.3. The lowest BCUT2D eigenvalue weighted by atomic mass is 9.98. The molecular formula is C29H24ClP. The highest BCUT2D eigenvalue weighted by Gasteiger charge is 2.42. The van der Waals surface area contributed by atoms with Crippen LogP contribution < -0.4 is 28.3 Å². The fourth-order valence-corrected chi connectivity index (χ4v) is 7.88. The quantitative estimate of drug-likeness (QED) is 0.377. The molecule has 0 N–H and O–H groups in total. The van der Waals surface area contributed by atoms with E-state index in [-0.39, 0.29) is 12.4 Å². The molecule has 0 amide bonds. The Kier molecular flexibility index (Phi) is 6.23. The second-order valence-corrected chi connectivity index (χ2v) is 11.2. The molecule has 0 aliphatic rings. The van der Waals surface area contributed by atoms with E-state index in [1.807, 2.05) is 0 Å². The number of hydrogen-bond donors (Lipinski definition) is 0. The summed E-state index contributed by atoms with van der Waals surface area (Å²) in [7, 11) is -1.81. The Balaban J connectivity index is 0.00000231. The molecule has 0 unspecified atom stereocenters. The molecule has 5 aromatic rings. The molecule has 0 spiro atoms. The fraction of sp³-hybridized carbons (Fsp3) is 0.0345. The van der Waals surface area contributed by atoms with Crippen LogP contribution in [-0.4, -0.2) is 6.66 Å². The van der Waals surface area contributed by atoms with Crippen LogP contribution in [0.25, 0.3) is 21.9 Å². The van der Waals surface area contributed by atoms with Gasteiger partial charge in [0, 0.05) is 5.56 Å². The predicted molar refractivity (Wildman–Crippen MR) is 134 cm³/mol. The van der Waals surface area contributed by atoms with Crippen molar-refractivity contribution in [3.8, 4) is 11.1 Å². The van der Waals surface area contributed by atoms with Crippen LogP contribution in [0.3, 0.4) is 0 Å². The number of halogens is 1. The Labute approximate surface area is 191 Å². The van der Waals surface area contributed by atoms with Gasteiger partial charge < -0.3 is 12.4 Å². The Morgan fingerprint density at radius 3 is 1.61 bits per heavy atom. The molecule has 0 aliphatic carbocycles. The molecule has 0 heterocycles. The third-order valence-corrected chi connectivity index (χ3v) is 10.0. The Bertz CT molecular complexity index is 1250. The van der Waals surface area contributed by atoms with Crippen molar-refractivity contribution in [2.24, 2.45) is 0 Å². The zero-order valence-corrected chi connectivity index (χ0v) is 19.1. The first-order valence-corrected chi connectivity index (χ1v) is 12.6. The third kappa shape index (κ3) is 3.79. The van der Waals surface area contributed by atoms with Crippen molar-refractivity contribution < 1.29 is 12.4 Å². The van der Waals surface area contributed by atoms with Gasteiger partial charge >= 0.3 is 0 Å². The maximum atomic E-state index is 2.46. The van der Waals surface area contributed by atoms with Gasteiger partial charge in [-0.15, -0.1) is 0 Å². The van der Waals surface area contributed by atoms with Gasteiger partial charge in [0.25, 0.3) is 0 Å². The first-order chi connectivity index (χ1) is 14.8. The van der Waals surface area contributed by atoms with Crippen molar-refractivity contribution in [3.05, 3.63) is 127 Å². The number of fused-ring (bicyclic) bond motifs is 1. The maximum Gasteiger partial charge on any atom is 0.112 e. The number of hydrogen-bond acceptors (Lipinski definition) is 0. The van der Waals surface area contributed by atoms with Crippen LogP contribution in [-0.2, 0) is 0 Å². The van der Waals surface area contributed by atoms with E-state index in [0.29, 0.717) is 0 Å². The SMILES string of the molecule is C[P+](c1ccccc1)(c1ccccc1)c1ccccc1-c1cccc2ccccc12.[Cl-]. The second-order valence-electron chi connectivity index (χ2n) is 7.72. The van der Waals surface area contributed by atoms with Gasteiger partial charge in [-0.05, 0) is 46.7 Å². The Morgan fingerprint density at radius 1 is 0.452 bits per heavy atom. The lowest BCUT2D eigenvalue weighted by molar-refractivity contribution is -0.00000570. The highest BCUT2D eigenvalue weighted by atomic mass is 35.5. The monoisotopic (exact) mass is 438 g/mol. The van der Waals surface area contributed by atoms with Gasteiger partial charge in [0.05, 0.1) is 6.66 Å². The van der Waals surface area contributed by atoms with Crippen molar-refractivity contribution in [1.29, 1.82) is 0 Å². The minimum Gasteiger partial charge on any atom is -1.00 e. The molecule has 0 aromatic heterocycles. The molecule has 0 radical (unpaired) electrons. The fourth-order valence-electron chi connectivity index (χ4n) is 4.43. The molecule has 0 nitrogen and oxygen atoms in total. The van der Waals surface area contributed by atoms with Crippen LogP contribution in [0.1, 0.15) is 0 Å². The van der Waals surface area contributed by atoms with Crippen LogP contribution >= 0.6 is 7.26 Å². The van der Waals surface area contributed by atoms with Crippen molar-refractivity contribution in [3.63, 3.8) is 0 Å². The molecule has 152 valence electrons. The molecule has 0 fully saturated rings. The molecule has 31 heavy (non-hydrogen) atoms. The van der Waals surface area contributed by atoms with Crippen molar-refractivity contribution in [2.45, 2.75) is 0 Å². The summed E-state index contributed by atoms with van der Waals surface area (Å²) >= 11 is 0. The average molecular weight is 439 g/mol. The topological polar surface area (TPSA) is 0 Å². The lowest BCUT2D eigenvalue weighted by Gasteiger charge is -2.25. The predicted octanol–water partition coefficient (Wildman–Crippen LogP) is 3.43. The maximum absolute atomic E-state index is 2.46. The minimum atomic E-state index is -1.81. The molecule has 0 saturated carbocycles. The van der Waals surface area contributed by atoms with Crippen LogP contribution in [0, 0.1) is 0 Å². The highest BCUT2D eigenvalue weighted by Crippen LogP contribution is 2.53. The van der Waals surface area contributed by atoms with E-state index in [2.05, 4.69) is 134 Å². The smallest absolute Gasteiger partial charge is 0.112 e. The van der Waals surface area contributed by atoms with E-state index in [9.17, 15) is 0 Å². The summed E-state index contributed by atoms with van der Waals surface area (Å²) in [4.78, 5) is 0. The minimum absolute atomic E-state index is 0. The number of benzene rings is 5. The van der Waals surface area contributed by atoms with Crippen molar-refractivity contribution >= 4 is 33.9 Å². The van der Waals surface area contributed by atoms with E-state index in [1.54, 1.807) is 0 Å². The summed E-state index contributed by atoms with van der Waals surface area (Å²) in [5.74, 6) is 0. The molecular weight excluding hydrogens is 415 g/mol. The van der Waals surface area contributed by atoms with Crippen molar-refractivity contribution in [2.75, 3.05) is 6.66 Å². The normalized spacial score (nSPS) is 11.1. The van der Waals surface area contributed by atoms with E-state index >= 15 is 0 Å². The summed E-state index contributed by atoms with van der Waals surface area (Å²) in [6.45, 7) is 2.46. The zero-order valence-electron chi connectivity index (χ0n) is 17.4. The molecule has 0 bridgehead atoms. The van der Waals surface area contributed by atoms with E-state index in [0.717, 1.165) is 0 Å². The van der Waals surface area contributed by atoms with Gasteiger partial charge in [-0.3, -0.25) is 0 Å². The van der Waals surface area contributed by atoms with Gasteiger partial charge in [0.1, 0.15) is 23.2 Å². The van der Waals surface area contributed by atoms with Gasteiger partial charge in [-0.25, -0.2) is 0 Å². The van der Waals surface area contributed by atoms with E-state index in [1.165, 1.54) is 37.8 Å². The second kappa shape index (κ2) is 9.06. The molecule has 0 atom stereocenters. The first kappa shape index (κ1) is 21.3. The standard InChI is InChI=1S/C29H24P.ClH/c1-30(24-15-4-2-5-16-24,25-17-6-3-7-18-25)29-22-11-10-20-28(29)27-21-12-14-23-13-8-9-19-26(23)27;/h2-22H,1H3;1H/q+1;/p-1. The van der Waals surface area contributed by atoms with Crippen LogP contribution in [0.2, 0.25) is 0 Å². The number of rotatable bonds is 4. The summed E-state index contributed by atoms with van der Waals surface area (Å²) in [5.41, 5.74) is 2.64. The largest absolute Gasteiger partial charge is 1.00 e. The average Bonchev–Trinajstić information content (AvgIpc) is 2.84. The molecule has 0 aliphatic heterocycles. The highest BCUT2D eigenvalue weighted by molar-refractivity contribution is 7.95. The molecule has 5 rings (SSSR count). The van der Waals surface area contributed by atoms with Gasteiger partial charge in [0.2, 0.25) is 0 Å². The zero-order chi connectivity index (χ0) is 20.4. The Hall–Kier alpha value is -2.92. The third-order valence-electron chi connectivity index (χ3n) is 6.01. The summed E-state index contributed by atoms with van der Waals surface area (Å²) < 4.78 is 0. The Morgan fingerprint density at radius 2 is 0.935 bits per heavy atom. The van der Waals surface area contributed by atoms with Gasteiger partial charge in [-0.1, -0.05) is 97.1 Å². The van der Waals surface area contributed by atoms with Crippen LogP contribution in [0.4, 0.5) is 0 Å². The summed E-state index contributed by atoms with van der Waals surface area (Å²) in [5, 5.41) is 6.83. The van der Waals surface area contributed by atoms with E-state index < -0.39 is 7.26 Å². The van der Waals surface area contributed by atoms with Gasteiger partial charge in [0.15, 0.2) is 0 Å². The van der Waals surface area contributed by atoms with Crippen LogP contribution in [0.15, 0.2) is 127 Å². The summed E-state index contributed by atoms with van der Waals surface area (Å²) in [6.07, 6.45) is 0. The lowest BCUT2D eigenvalue weighted by Crippen LogP contribution is -3.00. The molecule has 0 saturated heterocycles. The van der Waals surface area contributed by atoms with Crippen molar-refractivity contribution in [1.82, 2.24) is 0 Å².